The maximum Gasteiger partial charge on any atom is 0.257 e. The second-order valence-electron chi connectivity index (χ2n) is 7.23. The number of aromatic amines is 1. The molecule has 0 bridgehead atoms. The number of aromatic nitrogens is 2. The van der Waals surface area contributed by atoms with Crippen molar-refractivity contribution in [3.05, 3.63) is 52.3 Å². The lowest BCUT2D eigenvalue weighted by Crippen LogP contribution is -2.48. The van der Waals surface area contributed by atoms with Crippen LogP contribution >= 0.6 is 0 Å². The number of carbonyl (C=O) groups excluding carboxylic acids is 1. The van der Waals surface area contributed by atoms with Gasteiger partial charge in [0.15, 0.2) is 0 Å². The number of benzene rings is 1. The van der Waals surface area contributed by atoms with Crippen molar-refractivity contribution in [2.75, 3.05) is 26.2 Å². The molecule has 1 aromatic heterocycles. The van der Waals surface area contributed by atoms with E-state index in [2.05, 4.69) is 15.1 Å². The first kappa shape index (κ1) is 17.1. The van der Waals surface area contributed by atoms with Gasteiger partial charge in [0.25, 0.3) is 5.91 Å². The highest BCUT2D eigenvalue weighted by Crippen LogP contribution is 2.41. The van der Waals surface area contributed by atoms with Crippen molar-refractivity contribution in [2.24, 2.45) is 0 Å². The summed E-state index contributed by atoms with van der Waals surface area (Å²) >= 11 is 0. The molecule has 26 heavy (non-hydrogen) atoms. The predicted molar refractivity (Wildman–Crippen MR) is 92.8 cm³/mol. The van der Waals surface area contributed by atoms with Crippen LogP contribution in [0.25, 0.3) is 0 Å². The van der Waals surface area contributed by atoms with E-state index < -0.39 is 11.6 Å². The van der Waals surface area contributed by atoms with Gasteiger partial charge in [-0.15, -0.1) is 0 Å². The molecule has 2 aromatic rings. The van der Waals surface area contributed by atoms with Crippen molar-refractivity contribution >= 4 is 5.91 Å². The smallest absolute Gasteiger partial charge is 0.257 e. The number of nitrogens with zero attached hydrogens (tertiary/aromatic N) is 3. The molecule has 1 aliphatic heterocycles. The third-order valence-electron chi connectivity index (χ3n) is 5.14. The van der Waals surface area contributed by atoms with E-state index in [1.54, 1.807) is 0 Å². The van der Waals surface area contributed by atoms with Crippen molar-refractivity contribution in [2.45, 2.75) is 32.2 Å². The van der Waals surface area contributed by atoms with Crippen molar-refractivity contribution in [3.8, 4) is 0 Å². The number of H-pyrrole nitrogens is 1. The van der Waals surface area contributed by atoms with Gasteiger partial charge in [0, 0.05) is 50.4 Å². The molecular weight excluding hydrogens is 338 g/mol. The molecular formula is C19H22F2N4O. The van der Waals surface area contributed by atoms with Crippen molar-refractivity contribution in [1.29, 1.82) is 0 Å². The second kappa shape index (κ2) is 6.79. The van der Waals surface area contributed by atoms with Crippen LogP contribution in [0.2, 0.25) is 0 Å². The van der Waals surface area contributed by atoms with E-state index in [1.165, 1.54) is 12.1 Å². The first-order valence-corrected chi connectivity index (χ1v) is 9.02. The topological polar surface area (TPSA) is 52.2 Å². The van der Waals surface area contributed by atoms with Gasteiger partial charge in [-0.3, -0.25) is 14.8 Å². The van der Waals surface area contributed by atoms with Gasteiger partial charge < -0.3 is 4.90 Å². The quantitative estimate of drug-likeness (QED) is 0.912. The predicted octanol–water partition coefficient (Wildman–Crippen LogP) is 2.83. The molecule has 1 aromatic carbocycles. The Bertz CT molecular complexity index is 803. The summed E-state index contributed by atoms with van der Waals surface area (Å²) in [7, 11) is 0. The molecule has 1 N–H and O–H groups in total. The summed E-state index contributed by atoms with van der Waals surface area (Å²) in [6, 6.07) is 3.60. The largest absolute Gasteiger partial charge is 0.336 e. The standard InChI is InChI=1S/C19H22F2N4O/c1-12-17(18(23-22-12)14-2-3-14)19(26)25-6-4-24(5-7-25)11-13-8-15(20)10-16(21)9-13/h8-10,14H,2-7,11H2,1H3,(H,22,23). The van der Waals surface area contributed by atoms with Crippen LogP contribution in [0.1, 0.15) is 46.1 Å². The molecule has 1 saturated carbocycles. The Morgan fingerprint density at radius 3 is 2.42 bits per heavy atom. The Labute approximate surface area is 151 Å². The molecule has 2 heterocycles. The van der Waals surface area contributed by atoms with Gasteiger partial charge >= 0.3 is 0 Å². The molecule has 1 saturated heterocycles. The first-order valence-electron chi connectivity index (χ1n) is 9.02. The van der Waals surface area contributed by atoms with Gasteiger partial charge in [-0.25, -0.2) is 8.78 Å². The summed E-state index contributed by atoms with van der Waals surface area (Å²) in [5.41, 5.74) is 3.08. The number of hydrogen-bond acceptors (Lipinski definition) is 3. The molecule has 0 spiro atoms. The van der Waals surface area contributed by atoms with E-state index in [1.807, 2.05) is 11.8 Å². The minimum absolute atomic E-state index is 0.0367. The second-order valence-corrected chi connectivity index (χ2v) is 7.23. The van der Waals surface area contributed by atoms with Crippen LogP contribution in [0.5, 0.6) is 0 Å². The van der Waals surface area contributed by atoms with E-state index in [0.29, 0.717) is 44.2 Å². The monoisotopic (exact) mass is 360 g/mol. The maximum atomic E-state index is 13.3. The van der Waals surface area contributed by atoms with Crippen LogP contribution in [0, 0.1) is 18.6 Å². The van der Waals surface area contributed by atoms with E-state index in [4.69, 9.17) is 0 Å². The lowest BCUT2D eigenvalue weighted by atomic mass is 10.1. The van der Waals surface area contributed by atoms with Crippen LogP contribution in [0.15, 0.2) is 18.2 Å². The number of aryl methyl sites for hydroxylation is 1. The summed E-state index contributed by atoms with van der Waals surface area (Å²) in [5, 5.41) is 7.28. The molecule has 2 fully saturated rings. The average molecular weight is 360 g/mol. The maximum absolute atomic E-state index is 13.3. The molecule has 138 valence electrons. The Kier molecular flexibility index (Phi) is 4.48. The zero-order chi connectivity index (χ0) is 18.3. The van der Waals surface area contributed by atoms with Crippen LogP contribution in [-0.2, 0) is 6.54 Å². The number of piperazine rings is 1. The summed E-state index contributed by atoms with van der Waals surface area (Å²) in [5.74, 6) is -0.661. The molecule has 7 heteroatoms. The number of hydrogen-bond donors (Lipinski definition) is 1. The third-order valence-corrected chi connectivity index (χ3v) is 5.14. The van der Waals surface area contributed by atoms with Gasteiger partial charge in [-0.2, -0.15) is 5.10 Å². The lowest BCUT2D eigenvalue weighted by molar-refractivity contribution is 0.0626. The highest BCUT2D eigenvalue weighted by molar-refractivity contribution is 5.96. The SMILES string of the molecule is Cc1[nH]nc(C2CC2)c1C(=O)N1CCN(Cc2cc(F)cc(F)c2)CC1. The fourth-order valence-electron chi connectivity index (χ4n) is 3.60. The third kappa shape index (κ3) is 3.49. The van der Waals surface area contributed by atoms with Crippen LogP contribution < -0.4 is 0 Å². The average Bonchev–Trinajstić information content (AvgIpc) is 3.36. The van der Waals surface area contributed by atoms with Crippen LogP contribution in [-0.4, -0.2) is 52.1 Å². The molecule has 4 rings (SSSR count). The van der Waals surface area contributed by atoms with E-state index >= 15 is 0 Å². The Hall–Kier alpha value is -2.28. The van der Waals surface area contributed by atoms with E-state index in [-0.39, 0.29) is 5.91 Å². The highest BCUT2D eigenvalue weighted by Gasteiger charge is 2.34. The van der Waals surface area contributed by atoms with Crippen molar-refractivity contribution < 1.29 is 13.6 Å². The summed E-state index contributed by atoms with van der Waals surface area (Å²) < 4.78 is 26.7. The zero-order valence-corrected chi connectivity index (χ0v) is 14.8. The summed E-state index contributed by atoms with van der Waals surface area (Å²) in [6.07, 6.45) is 2.20. The van der Waals surface area contributed by atoms with Gasteiger partial charge in [-0.1, -0.05) is 0 Å². The molecule has 2 aliphatic rings. The lowest BCUT2D eigenvalue weighted by Gasteiger charge is -2.35. The summed E-state index contributed by atoms with van der Waals surface area (Å²) in [4.78, 5) is 16.9. The summed E-state index contributed by atoms with van der Waals surface area (Å²) in [6.45, 7) is 4.94. The fourth-order valence-corrected chi connectivity index (χ4v) is 3.60. The minimum Gasteiger partial charge on any atom is -0.336 e. The molecule has 5 nitrogen and oxygen atoms in total. The highest BCUT2D eigenvalue weighted by atomic mass is 19.1. The molecule has 1 amide bonds. The normalized spacial score (nSPS) is 18.3. The van der Waals surface area contributed by atoms with E-state index in [9.17, 15) is 13.6 Å². The van der Waals surface area contributed by atoms with Gasteiger partial charge in [0.2, 0.25) is 0 Å². The fraction of sp³-hybridized carbons (Fsp3) is 0.474. The number of carbonyl (C=O) groups is 1. The number of nitrogens with one attached hydrogen (secondary N) is 1. The number of halogens is 2. The number of rotatable bonds is 4. The zero-order valence-electron chi connectivity index (χ0n) is 14.8. The minimum atomic E-state index is -0.558. The van der Waals surface area contributed by atoms with Gasteiger partial charge in [0.1, 0.15) is 11.6 Å². The van der Waals surface area contributed by atoms with Crippen molar-refractivity contribution in [3.63, 3.8) is 0 Å². The number of amides is 1. The molecule has 0 radical (unpaired) electrons. The Morgan fingerprint density at radius 1 is 1.15 bits per heavy atom. The van der Waals surface area contributed by atoms with Gasteiger partial charge in [-0.05, 0) is 37.5 Å². The Morgan fingerprint density at radius 2 is 1.81 bits per heavy atom. The van der Waals surface area contributed by atoms with Crippen LogP contribution in [0.3, 0.4) is 0 Å². The first-order chi connectivity index (χ1) is 12.5. The molecule has 0 unspecified atom stereocenters. The van der Waals surface area contributed by atoms with Crippen molar-refractivity contribution in [1.82, 2.24) is 20.0 Å². The Balaban J connectivity index is 1.39. The van der Waals surface area contributed by atoms with Crippen LogP contribution in [0.4, 0.5) is 8.78 Å². The van der Waals surface area contributed by atoms with Gasteiger partial charge in [0.05, 0.1) is 11.3 Å². The molecule has 0 atom stereocenters. The molecule has 1 aliphatic carbocycles. The van der Waals surface area contributed by atoms with E-state index in [0.717, 1.165) is 35.9 Å².